The van der Waals surface area contributed by atoms with Crippen molar-refractivity contribution in [1.29, 1.82) is 0 Å². The molecule has 1 aromatic carbocycles. The number of hydrogen-bond donors (Lipinski definition) is 0. The molecule has 1 fully saturated rings. The second-order valence-electron chi connectivity index (χ2n) is 7.43. The quantitative estimate of drug-likeness (QED) is 0.616. The Morgan fingerprint density at radius 2 is 1.79 bits per heavy atom. The zero-order chi connectivity index (χ0) is 20.6. The van der Waals surface area contributed by atoms with E-state index in [0.29, 0.717) is 49.3 Å². The second-order valence-corrected chi connectivity index (χ2v) is 10.1. The Hall–Kier alpha value is -2.07. The summed E-state index contributed by atoms with van der Waals surface area (Å²) in [5.74, 6) is 1.14. The lowest BCUT2D eigenvalue weighted by Crippen LogP contribution is -2.48. The van der Waals surface area contributed by atoms with Crippen molar-refractivity contribution in [1.82, 2.24) is 19.3 Å². The highest BCUT2D eigenvalue weighted by Gasteiger charge is 2.31. The fourth-order valence-electron chi connectivity index (χ4n) is 3.85. The summed E-state index contributed by atoms with van der Waals surface area (Å²) in [6.45, 7) is 8.37. The molecule has 3 aromatic rings. The Balaban J connectivity index is 1.42. The van der Waals surface area contributed by atoms with Gasteiger partial charge in [0.2, 0.25) is 21.7 Å². The van der Waals surface area contributed by atoms with E-state index >= 15 is 0 Å². The third-order valence-electron chi connectivity index (χ3n) is 5.14. The van der Waals surface area contributed by atoms with E-state index in [1.807, 2.05) is 49.7 Å². The minimum atomic E-state index is -3.51. The highest BCUT2D eigenvalue weighted by molar-refractivity contribution is 7.89. The third kappa shape index (κ3) is 4.13. The largest absolute Gasteiger partial charge is 0.338 e. The lowest BCUT2D eigenvalue weighted by Gasteiger charge is -2.33. The van der Waals surface area contributed by atoms with Crippen molar-refractivity contribution in [2.24, 2.45) is 0 Å². The summed E-state index contributed by atoms with van der Waals surface area (Å²) in [7, 11) is -3.51. The predicted molar refractivity (Wildman–Crippen MR) is 112 cm³/mol. The van der Waals surface area contributed by atoms with Crippen LogP contribution in [0.5, 0.6) is 0 Å². The SMILES string of the molecule is Cc1cc(C)c(S(=O)(=O)N2CCN(Cc3nc(-c4ccsc4)no3)CC2)c(C)c1. The lowest BCUT2D eigenvalue weighted by atomic mass is 10.1. The Bertz CT molecular complexity index is 1080. The molecule has 4 rings (SSSR count). The summed E-state index contributed by atoms with van der Waals surface area (Å²) in [6, 6.07) is 5.81. The van der Waals surface area contributed by atoms with Crippen LogP contribution in [-0.2, 0) is 16.6 Å². The number of thiophene rings is 1. The molecule has 0 unspecified atom stereocenters. The number of aromatic nitrogens is 2. The molecule has 1 aliphatic rings. The van der Waals surface area contributed by atoms with Gasteiger partial charge in [-0.1, -0.05) is 22.9 Å². The molecule has 0 aliphatic carbocycles. The maximum absolute atomic E-state index is 13.2. The molecule has 154 valence electrons. The van der Waals surface area contributed by atoms with Gasteiger partial charge in [-0.3, -0.25) is 4.90 Å². The van der Waals surface area contributed by atoms with Crippen LogP contribution in [0.4, 0.5) is 0 Å². The average molecular weight is 433 g/mol. The first-order valence-corrected chi connectivity index (χ1v) is 11.9. The Kier molecular flexibility index (Phi) is 5.56. The first-order chi connectivity index (χ1) is 13.8. The minimum absolute atomic E-state index is 0.439. The van der Waals surface area contributed by atoms with E-state index in [0.717, 1.165) is 22.3 Å². The maximum atomic E-state index is 13.2. The predicted octanol–water partition coefficient (Wildman–Crippen LogP) is 3.23. The van der Waals surface area contributed by atoms with Crippen molar-refractivity contribution in [3.63, 3.8) is 0 Å². The van der Waals surface area contributed by atoms with Crippen LogP contribution in [0.3, 0.4) is 0 Å². The van der Waals surface area contributed by atoms with E-state index in [-0.39, 0.29) is 0 Å². The van der Waals surface area contributed by atoms with Crippen LogP contribution < -0.4 is 0 Å². The molecule has 7 nitrogen and oxygen atoms in total. The molecule has 1 saturated heterocycles. The van der Waals surface area contributed by atoms with Gasteiger partial charge in [-0.05, 0) is 43.3 Å². The van der Waals surface area contributed by atoms with Crippen LogP contribution in [0, 0.1) is 20.8 Å². The summed E-state index contributed by atoms with van der Waals surface area (Å²) < 4.78 is 33.4. The van der Waals surface area contributed by atoms with Crippen LogP contribution in [0.25, 0.3) is 11.4 Å². The molecule has 0 N–H and O–H groups in total. The summed E-state index contributed by atoms with van der Waals surface area (Å²) >= 11 is 1.59. The van der Waals surface area contributed by atoms with Gasteiger partial charge in [0, 0.05) is 37.1 Å². The molecule has 0 atom stereocenters. The van der Waals surface area contributed by atoms with Crippen molar-refractivity contribution < 1.29 is 12.9 Å². The van der Waals surface area contributed by atoms with Crippen LogP contribution in [-0.4, -0.2) is 53.9 Å². The lowest BCUT2D eigenvalue weighted by molar-refractivity contribution is 0.163. The van der Waals surface area contributed by atoms with Crippen LogP contribution in [0.15, 0.2) is 38.4 Å². The zero-order valence-corrected chi connectivity index (χ0v) is 18.4. The van der Waals surface area contributed by atoms with E-state index in [1.165, 1.54) is 0 Å². The average Bonchev–Trinajstić information content (AvgIpc) is 3.32. The standard InChI is InChI=1S/C20H24N4O3S2/c1-14-10-15(2)19(16(3)11-14)29(25,26)24-7-5-23(6-8-24)12-18-21-20(22-27-18)17-4-9-28-13-17/h4,9-11,13H,5-8,12H2,1-3H3. The fourth-order valence-corrected chi connectivity index (χ4v) is 6.32. The van der Waals surface area contributed by atoms with Crippen LogP contribution in [0.2, 0.25) is 0 Å². The van der Waals surface area contributed by atoms with Gasteiger partial charge in [0.25, 0.3) is 0 Å². The number of rotatable bonds is 5. The van der Waals surface area contributed by atoms with Gasteiger partial charge in [-0.25, -0.2) is 8.42 Å². The minimum Gasteiger partial charge on any atom is -0.338 e. The van der Waals surface area contributed by atoms with Gasteiger partial charge < -0.3 is 4.52 Å². The van der Waals surface area contributed by atoms with Gasteiger partial charge >= 0.3 is 0 Å². The number of aryl methyl sites for hydroxylation is 3. The van der Waals surface area contributed by atoms with Gasteiger partial charge in [0.15, 0.2) is 0 Å². The zero-order valence-electron chi connectivity index (χ0n) is 16.8. The van der Waals surface area contributed by atoms with Gasteiger partial charge in [0.05, 0.1) is 11.4 Å². The van der Waals surface area contributed by atoms with Crippen LogP contribution in [0.1, 0.15) is 22.6 Å². The molecule has 0 bridgehead atoms. The molecule has 0 spiro atoms. The molecule has 0 amide bonds. The number of hydrogen-bond acceptors (Lipinski definition) is 7. The fraction of sp³-hybridized carbons (Fsp3) is 0.400. The highest BCUT2D eigenvalue weighted by Crippen LogP contribution is 2.26. The molecule has 3 heterocycles. The van der Waals surface area contributed by atoms with E-state index in [9.17, 15) is 8.42 Å². The molecular formula is C20H24N4O3S2. The molecule has 0 radical (unpaired) electrons. The maximum Gasteiger partial charge on any atom is 0.243 e. The topological polar surface area (TPSA) is 79.5 Å². The summed E-state index contributed by atoms with van der Waals surface area (Å²) in [5.41, 5.74) is 3.63. The van der Waals surface area contributed by atoms with E-state index < -0.39 is 10.0 Å². The summed E-state index contributed by atoms with van der Waals surface area (Å²) in [5, 5.41) is 7.99. The molecule has 1 aliphatic heterocycles. The normalized spacial score (nSPS) is 16.4. The summed E-state index contributed by atoms with van der Waals surface area (Å²) in [6.07, 6.45) is 0. The molecule has 0 saturated carbocycles. The van der Waals surface area contributed by atoms with E-state index in [4.69, 9.17) is 4.52 Å². The van der Waals surface area contributed by atoms with Crippen molar-refractivity contribution in [3.05, 3.63) is 51.5 Å². The number of sulfonamides is 1. The van der Waals surface area contributed by atoms with Crippen molar-refractivity contribution >= 4 is 21.4 Å². The Morgan fingerprint density at radius 1 is 1.10 bits per heavy atom. The number of nitrogens with zero attached hydrogens (tertiary/aromatic N) is 4. The highest BCUT2D eigenvalue weighted by atomic mass is 32.2. The van der Waals surface area contributed by atoms with E-state index in [1.54, 1.807) is 15.6 Å². The van der Waals surface area contributed by atoms with Gasteiger partial charge in [-0.15, -0.1) is 0 Å². The molecular weight excluding hydrogens is 408 g/mol. The second kappa shape index (κ2) is 7.98. The summed E-state index contributed by atoms with van der Waals surface area (Å²) in [4.78, 5) is 7.03. The first kappa shape index (κ1) is 20.2. The van der Waals surface area contributed by atoms with Gasteiger partial charge in [-0.2, -0.15) is 20.6 Å². The third-order valence-corrected chi connectivity index (χ3v) is 8.03. The number of benzene rings is 1. The van der Waals surface area contributed by atoms with Crippen molar-refractivity contribution in [2.75, 3.05) is 26.2 Å². The number of piperazine rings is 1. The monoisotopic (exact) mass is 432 g/mol. The molecule has 2 aromatic heterocycles. The molecule has 29 heavy (non-hydrogen) atoms. The van der Waals surface area contributed by atoms with E-state index in [2.05, 4.69) is 15.0 Å². The van der Waals surface area contributed by atoms with Gasteiger partial charge in [0.1, 0.15) is 0 Å². The Morgan fingerprint density at radius 3 is 2.41 bits per heavy atom. The van der Waals surface area contributed by atoms with Crippen molar-refractivity contribution in [2.45, 2.75) is 32.2 Å². The Labute approximate surface area is 175 Å². The molecule has 9 heteroatoms. The van der Waals surface area contributed by atoms with Crippen LogP contribution >= 0.6 is 11.3 Å². The first-order valence-electron chi connectivity index (χ1n) is 9.50. The smallest absolute Gasteiger partial charge is 0.243 e. The van der Waals surface area contributed by atoms with Crippen molar-refractivity contribution in [3.8, 4) is 11.4 Å².